The second-order valence-electron chi connectivity index (χ2n) is 4.42. The van der Waals surface area contributed by atoms with E-state index in [4.69, 9.17) is 0 Å². The van der Waals surface area contributed by atoms with Gasteiger partial charge in [-0.2, -0.15) is 0 Å². The van der Waals surface area contributed by atoms with Gasteiger partial charge in [-0.15, -0.1) is 0 Å². The lowest BCUT2D eigenvalue weighted by atomic mass is 10.2. The van der Waals surface area contributed by atoms with Gasteiger partial charge in [0.2, 0.25) is 0 Å². The van der Waals surface area contributed by atoms with E-state index in [1.165, 1.54) is 6.07 Å². The van der Waals surface area contributed by atoms with Crippen molar-refractivity contribution in [2.24, 2.45) is 0 Å². The Morgan fingerprint density at radius 3 is 2.50 bits per heavy atom. The summed E-state index contributed by atoms with van der Waals surface area (Å²) < 4.78 is 12.9. The number of halogens is 1. The minimum absolute atomic E-state index is 0.166. The fourth-order valence-electron chi connectivity index (χ4n) is 1.79. The van der Waals surface area contributed by atoms with E-state index in [-0.39, 0.29) is 12.1 Å². The Balaban J connectivity index is 2.06. The Hall–Kier alpha value is -2.50. The molecule has 2 N–H and O–H groups in total. The van der Waals surface area contributed by atoms with Crippen molar-refractivity contribution < 1.29 is 14.3 Å². The topological polar surface area (TPSA) is 75.1 Å². The van der Waals surface area contributed by atoms with Crippen molar-refractivity contribution in [3.63, 3.8) is 0 Å². The number of amides is 1. The molecule has 6 heteroatoms. The first-order chi connectivity index (χ1) is 9.45. The maximum absolute atomic E-state index is 12.9. The molecule has 0 aliphatic heterocycles. The molecule has 5 nitrogen and oxygen atoms in total. The highest BCUT2D eigenvalue weighted by molar-refractivity contribution is 5.94. The van der Waals surface area contributed by atoms with Gasteiger partial charge < -0.3 is 10.4 Å². The van der Waals surface area contributed by atoms with Crippen molar-refractivity contribution in [2.75, 3.05) is 0 Å². The molecule has 1 amide bonds. The van der Waals surface area contributed by atoms with Crippen LogP contribution in [0, 0.1) is 19.7 Å². The molecule has 0 saturated carbocycles. The van der Waals surface area contributed by atoms with Gasteiger partial charge in [0.25, 0.3) is 5.91 Å². The van der Waals surface area contributed by atoms with Gasteiger partial charge in [-0.25, -0.2) is 14.4 Å². The van der Waals surface area contributed by atoms with E-state index in [1.54, 1.807) is 0 Å². The average molecular weight is 275 g/mol. The first-order valence-electron chi connectivity index (χ1n) is 6.03. The molecule has 104 valence electrons. The maximum atomic E-state index is 12.9. The second kappa shape index (κ2) is 5.64. The number of hydrogen-bond acceptors (Lipinski definition) is 4. The van der Waals surface area contributed by atoms with Crippen molar-refractivity contribution in [1.29, 1.82) is 0 Å². The zero-order valence-electron chi connectivity index (χ0n) is 11.1. The molecule has 0 radical (unpaired) electrons. The SMILES string of the molecule is Cc1cc(C)nc(CNC(=O)c2ccc(F)c(O)c2)n1. The third-order valence-corrected chi connectivity index (χ3v) is 2.64. The zero-order valence-corrected chi connectivity index (χ0v) is 11.1. The van der Waals surface area contributed by atoms with E-state index >= 15 is 0 Å². The van der Waals surface area contributed by atoms with Crippen molar-refractivity contribution in [3.8, 4) is 5.75 Å². The number of carbonyl (C=O) groups is 1. The number of hydrogen-bond donors (Lipinski definition) is 2. The molecule has 0 bridgehead atoms. The van der Waals surface area contributed by atoms with Gasteiger partial charge >= 0.3 is 0 Å². The molecule has 0 atom stereocenters. The van der Waals surface area contributed by atoms with Crippen LogP contribution in [0.4, 0.5) is 4.39 Å². The number of aromatic hydroxyl groups is 1. The molecule has 0 aliphatic rings. The normalized spacial score (nSPS) is 10.3. The van der Waals surface area contributed by atoms with Crippen molar-refractivity contribution in [2.45, 2.75) is 20.4 Å². The molecule has 2 rings (SSSR count). The highest BCUT2D eigenvalue weighted by atomic mass is 19.1. The monoisotopic (exact) mass is 275 g/mol. The summed E-state index contributed by atoms with van der Waals surface area (Å²) in [5, 5.41) is 11.8. The van der Waals surface area contributed by atoms with Crippen LogP contribution in [0.2, 0.25) is 0 Å². The van der Waals surface area contributed by atoms with E-state index in [2.05, 4.69) is 15.3 Å². The summed E-state index contributed by atoms with van der Waals surface area (Å²) in [6.45, 7) is 3.86. The van der Waals surface area contributed by atoms with Crippen LogP contribution in [0.3, 0.4) is 0 Å². The summed E-state index contributed by atoms with van der Waals surface area (Å²) >= 11 is 0. The number of aromatic nitrogens is 2. The van der Waals surface area contributed by atoms with Gasteiger partial charge in [-0.3, -0.25) is 4.79 Å². The minimum atomic E-state index is -0.765. The summed E-state index contributed by atoms with van der Waals surface area (Å²) in [6.07, 6.45) is 0. The number of phenolic OH excluding ortho intramolecular Hbond substituents is 1. The van der Waals surface area contributed by atoms with Gasteiger partial charge in [0.15, 0.2) is 11.6 Å². The molecule has 1 heterocycles. The molecule has 20 heavy (non-hydrogen) atoms. The van der Waals surface area contributed by atoms with E-state index in [0.29, 0.717) is 5.82 Å². The van der Waals surface area contributed by atoms with Crippen LogP contribution < -0.4 is 5.32 Å². The highest BCUT2D eigenvalue weighted by Crippen LogP contribution is 2.16. The molecule has 0 saturated heterocycles. The molecule has 0 spiro atoms. The first-order valence-corrected chi connectivity index (χ1v) is 6.03. The van der Waals surface area contributed by atoms with Crippen molar-refractivity contribution in [1.82, 2.24) is 15.3 Å². The van der Waals surface area contributed by atoms with Crippen LogP contribution in [0.25, 0.3) is 0 Å². The molecule has 2 aromatic rings. The van der Waals surface area contributed by atoms with Gasteiger partial charge in [0.05, 0.1) is 6.54 Å². The largest absolute Gasteiger partial charge is 0.505 e. The summed E-state index contributed by atoms with van der Waals surface area (Å²) in [5.74, 6) is -1.25. The zero-order chi connectivity index (χ0) is 14.7. The molecule has 0 fully saturated rings. The standard InChI is InChI=1S/C14H14FN3O2/c1-8-5-9(2)18-13(17-8)7-16-14(20)10-3-4-11(15)12(19)6-10/h3-6,19H,7H2,1-2H3,(H,16,20). The van der Waals surface area contributed by atoms with Crippen LogP contribution in [0.5, 0.6) is 5.75 Å². The lowest BCUT2D eigenvalue weighted by molar-refractivity contribution is 0.0949. The van der Waals surface area contributed by atoms with Gasteiger partial charge in [0, 0.05) is 17.0 Å². The quantitative estimate of drug-likeness (QED) is 0.896. The number of benzene rings is 1. The number of rotatable bonds is 3. The molecule has 0 aliphatic carbocycles. The highest BCUT2D eigenvalue weighted by Gasteiger charge is 2.09. The Labute approximate surface area is 115 Å². The summed E-state index contributed by atoms with van der Waals surface area (Å²) in [4.78, 5) is 20.2. The first kappa shape index (κ1) is 13.9. The Bertz CT molecular complexity index is 639. The predicted octanol–water partition coefficient (Wildman–Crippen LogP) is 1.87. The summed E-state index contributed by atoms with van der Waals surface area (Å²) in [7, 11) is 0. The lowest BCUT2D eigenvalue weighted by Gasteiger charge is -2.06. The van der Waals surface area contributed by atoms with Gasteiger partial charge in [0.1, 0.15) is 5.82 Å². The molecule has 0 unspecified atom stereocenters. The van der Waals surface area contributed by atoms with Crippen LogP contribution in [-0.4, -0.2) is 21.0 Å². The molecule has 1 aromatic carbocycles. The third-order valence-electron chi connectivity index (χ3n) is 2.64. The Morgan fingerprint density at radius 2 is 1.90 bits per heavy atom. The van der Waals surface area contributed by atoms with E-state index in [0.717, 1.165) is 23.5 Å². The number of carbonyl (C=O) groups excluding carboxylic acids is 1. The van der Waals surface area contributed by atoms with Crippen molar-refractivity contribution >= 4 is 5.91 Å². The Kier molecular flexibility index (Phi) is 3.93. The molecular formula is C14H14FN3O2. The predicted molar refractivity (Wildman–Crippen MR) is 70.7 cm³/mol. The third kappa shape index (κ3) is 3.28. The maximum Gasteiger partial charge on any atom is 0.251 e. The van der Waals surface area contributed by atoms with Crippen LogP contribution in [0.15, 0.2) is 24.3 Å². The fourth-order valence-corrected chi connectivity index (χ4v) is 1.79. The Morgan fingerprint density at radius 1 is 1.25 bits per heavy atom. The fraction of sp³-hybridized carbons (Fsp3) is 0.214. The number of aryl methyl sites for hydroxylation is 2. The smallest absolute Gasteiger partial charge is 0.251 e. The van der Waals surface area contributed by atoms with E-state index < -0.39 is 17.5 Å². The second-order valence-corrected chi connectivity index (χ2v) is 4.42. The minimum Gasteiger partial charge on any atom is -0.505 e. The lowest BCUT2D eigenvalue weighted by Crippen LogP contribution is -2.24. The van der Waals surface area contributed by atoms with E-state index in [9.17, 15) is 14.3 Å². The van der Waals surface area contributed by atoms with Crippen molar-refractivity contribution in [3.05, 3.63) is 52.9 Å². The van der Waals surface area contributed by atoms with Gasteiger partial charge in [-0.05, 0) is 38.1 Å². The van der Waals surface area contributed by atoms with Gasteiger partial charge in [-0.1, -0.05) is 0 Å². The van der Waals surface area contributed by atoms with E-state index in [1.807, 2.05) is 19.9 Å². The van der Waals surface area contributed by atoms with Crippen LogP contribution >= 0.6 is 0 Å². The molecule has 1 aromatic heterocycles. The number of nitrogens with zero attached hydrogens (tertiary/aromatic N) is 2. The number of phenols is 1. The molecular weight excluding hydrogens is 261 g/mol. The summed E-state index contributed by atoms with van der Waals surface area (Å²) in [5.41, 5.74) is 1.82. The van der Waals surface area contributed by atoms with Crippen LogP contribution in [-0.2, 0) is 6.54 Å². The average Bonchev–Trinajstić information content (AvgIpc) is 2.38. The van der Waals surface area contributed by atoms with Crippen LogP contribution in [0.1, 0.15) is 27.6 Å². The number of nitrogens with one attached hydrogen (secondary N) is 1. The summed E-state index contributed by atoms with van der Waals surface area (Å²) in [6, 6.07) is 5.25.